The molecule has 0 radical (unpaired) electrons. The number of carbonyl (C=O) groups excluding carboxylic acids is 1. The van der Waals surface area contributed by atoms with Crippen LogP contribution in [-0.4, -0.2) is 33.0 Å². The summed E-state index contributed by atoms with van der Waals surface area (Å²) >= 11 is 0. The summed E-state index contributed by atoms with van der Waals surface area (Å²) in [5.74, 6) is -0.156. The molecule has 1 saturated heterocycles. The first-order valence-corrected chi connectivity index (χ1v) is 10.9. The average Bonchev–Trinajstić information content (AvgIpc) is 2.34. The van der Waals surface area contributed by atoms with Gasteiger partial charge in [-0.15, -0.1) is 0 Å². The Kier molecular flexibility index (Phi) is 6.90. The predicted molar refractivity (Wildman–Crippen MR) is 89.0 cm³/mol. The molecule has 1 heterocycles. The van der Waals surface area contributed by atoms with Crippen LogP contribution in [-0.2, 0) is 14.0 Å². The molecule has 1 aliphatic rings. The van der Waals surface area contributed by atoms with Crippen molar-refractivity contribution < 1.29 is 14.0 Å². The first kappa shape index (κ1) is 19.0. The number of ether oxygens (including phenoxy) is 1. The number of cyclic esters (lactones) is 1. The number of nitrogens with zero attached hydrogens (tertiary/aromatic N) is 3. The van der Waals surface area contributed by atoms with Crippen molar-refractivity contribution in [2.45, 2.75) is 83.2 Å². The molecule has 126 valence electrons. The second-order valence-corrected chi connectivity index (χ2v) is 12.3. The Hall–Kier alpha value is -1.04. The van der Waals surface area contributed by atoms with E-state index in [4.69, 9.17) is 14.7 Å². The van der Waals surface area contributed by atoms with Crippen molar-refractivity contribution >= 4 is 14.3 Å². The molecule has 0 bridgehead atoms. The molecule has 1 fully saturated rings. The Labute approximate surface area is 134 Å². The molecule has 0 aromatic carbocycles. The molecule has 6 nitrogen and oxygen atoms in total. The van der Waals surface area contributed by atoms with Gasteiger partial charge < -0.3 is 9.16 Å². The van der Waals surface area contributed by atoms with Gasteiger partial charge in [-0.2, -0.15) is 0 Å². The lowest BCUT2D eigenvalue weighted by molar-refractivity contribution is -0.151. The highest BCUT2D eigenvalue weighted by molar-refractivity contribution is 6.74. The second-order valence-electron chi connectivity index (χ2n) is 7.50. The molecule has 0 aromatic rings. The van der Waals surface area contributed by atoms with E-state index in [2.05, 4.69) is 43.9 Å². The minimum Gasteiger partial charge on any atom is -0.462 e. The second kappa shape index (κ2) is 7.99. The number of hydrogen-bond acceptors (Lipinski definition) is 4. The van der Waals surface area contributed by atoms with E-state index in [1.807, 2.05) is 0 Å². The largest absolute Gasteiger partial charge is 0.462 e. The van der Waals surface area contributed by atoms with Gasteiger partial charge >= 0.3 is 5.97 Å². The molecule has 22 heavy (non-hydrogen) atoms. The quantitative estimate of drug-likeness (QED) is 0.244. The number of carbonyl (C=O) groups is 1. The number of rotatable bonds is 5. The van der Waals surface area contributed by atoms with E-state index in [1.54, 1.807) is 0 Å². The van der Waals surface area contributed by atoms with Crippen LogP contribution in [0.1, 0.15) is 52.9 Å². The Morgan fingerprint density at radius 2 is 2.14 bits per heavy atom. The fourth-order valence-electron chi connectivity index (χ4n) is 2.21. The highest BCUT2D eigenvalue weighted by Gasteiger charge is 2.37. The van der Waals surface area contributed by atoms with Crippen LogP contribution in [0.25, 0.3) is 10.4 Å². The molecular weight excluding hydrogens is 298 g/mol. The topological polar surface area (TPSA) is 84.3 Å². The average molecular weight is 328 g/mol. The minimum atomic E-state index is -1.78. The monoisotopic (exact) mass is 327 g/mol. The minimum absolute atomic E-state index is 0.0871. The Bertz CT molecular complexity index is 428. The molecule has 1 rings (SSSR count). The van der Waals surface area contributed by atoms with E-state index in [9.17, 15) is 4.79 Å². The summed E-state index contributed by atoms with van der Waals surface area (Å²) < 4.78 is 11.6. The van der Waals surface area contributed by atoms with Crippen LogP contribution < -0.4 is 0 Å². The van der Waals surface area contributed by atoms with Gasteiger partial charge in [0.05, 0.1) is 0 Å². The van der Waals surface area contributed by atoms with Gasteiger partial charge in [-0.05, 0) is 42.9 Å². The fourth-order valence-corrected chi connectivity index (χ4v) is 3.27. The van der Waals surface area contributed by atoms with Gasteiger partial charge in [0.1, 0.15) is 6.10 Å². The van der Waals surface area contributed by atoms with E-state index >= 15 is 0 Å². The highest BCUT2D eigenvalue weighted by Crippen LogP contribution is 2.36. The summed E-state index contributed by atoms with van der Waals surface area (Å²) in [6.07, 6.45) is 2.91. The first-order chi connectivity index (χ1) is 10.2. The van der Waals surface area contributed by atoms with Crippen molar-refractivity contribution in [1.82, 2.24) is 0 Å². The molecule has 0 saturated carbocycles. The zero-order valence-corrected chi connectivity index (χ0v) is 15.5. The molecule has 1 aliphatic heterocycles. The lowest BCUT2D eigenvalue weighted by Gasteiger charge is -2.36. The van der Waals surface area contributed by atoms with Crippen molar-refractivity contribution in [1.29, 1.82) is 0 Å². The van der Waals surface area contributed by atoms with Gasteiger partial charge in [0.15, 0.2) is 8.32 Å². The van der Waals surface area contributed by atoms with Gasteiger partial charge in [0.25, 0.3) is 0 Å². The summed E-state index contributed by atoms with van der Waals surface area (Å²) in [5.41, 5.74) is 8.62. The molecule has 0 unspecified atom stereocenters. The van der Waals surface area contributed by atoms with Gasteiger partial charge in [0, 0.05) is 30.4 Å². The fraction of sp³-hybridized carbons (Fsp3) is 0.933. The molecule has 0 amide bonds. The SMILES string of the molecule is CC(C)(C)[Si](C)(C)OCC[C@@H]1C[C@@H](N=[N+]=[N-])CCCC(=O)O1. The maximum Gasteiger partial charge on any atom is 0.306 e. The van der Waals surface area contributed by atoms with E-state index in [1.165, 1.54) is 0 Å². The van der Waals surface area contributed by atoms with Gasteiger partial charge in [-0.1, -0.05) is 25.9 Å². The van der Waals surface area contributed by atoms with Crippen molar-refractivity contribution in [2.75, 3.05) is 6.61 Å². The Morgan fingerprint density at radius 1 is 1.45 bits per heavy atom. The lowest BCUT2D eigenvalue weighted by atomic mass is 10.0. The normalized spacial score (nSPS) is 24.0. The van der Waals surface area contributed by atoms with Gasteiger partial charge in [-0.3, -0.25) is 4.79 Å². The van der Waals surface area contributed by atoms with Gasteiger partial charge in [-0.25, -0.2) is 0 Å². The Balaban J connectivity index is 2.56. The van der Waals surface area contributed by atoms with Crippen molar-refractivity contribution in [3.63, 3.8) is 0 Å². The van der Waals surface area contributed by atoms with E-state index in [0.717, 1.165) is 12.8 Å². The first-order valence-electron chi connectivity index (χ1n) is 8.03. The summed E-state index contributed by atoms with van der Waals surface area (Å²) in [6, 6.07) is -0.0871. The van der Waals surface area contributed by atoms with Crippen molar-refractivity contribution in [3.8, 4) is 0 Å². The smallest absolute Gasteiger partial charge is 0.306 e. The summed E-state index contributed by atoms with van der Waals surface area (Å²) in [4.78, 5) is 14.6. The molecule has 0 spiro atoms. The number of azide groups is 1. The standard InChI is InChI=1S/C15H29N3O3Si/c1-15(2,3)22(4,5)20-10-9-13-11-12(17-18-16)7-6-8-14(19)21-13/h12-13H,6-11H2,1-5H3/t12-,13+/m0/s1. The molecule has 0 aromatic heterocycles. The number of hydrogen-bond donors (Lipinski definition) is 0. The predicted octanol–water partition coefficient (Wildman–Crippen LogP) is 4.56. The maximum atomic E-state index is 11.7. The zero-order valence-electron chi connectivity index (χ0n) is 14.5. The molecule has 0 N–H and O–H groups in total. The molecule has 0 aliphatic carbocycles. The third-order valence-corrected chi connectivity index (χ3v) is 9.21. The molecule has 2 atom stereocenters. The van der Waals surface area contributed by atoms with Crippen LogP contribution in [0.3, 0.4) is 0 Å². The van der Waals surface area contributed by atoms with Crippen LogP contribution in [0.15, 0.2) is 5.11 Å². The summed E-state index contributed by atoms with van der Waals surface area (Å²) in [7, 11) is -1.78. The summed E-state index contributed by atoms with van der Waals surface area (Å²) in [5, 5.41) is 3.98. The third kappa shape index (κ3) is 5.99. The third-order valence-electron chi connectivity index (χ3n) is 4.68. The van der Waals surface area contributed by atoms with Crippen LogP contribution in [0.4, 0.5) is 0 Å². The molecular formula is C15H29N3O3Si. The maximum absolute atomic E-state index is 11.7. The highest BCUT2D eigenvalue weighted by atomic mass is 28.4. The van der Waals surface area contributed by atoms with Crippen LogP contribution in [0.2, 0.25) is 18.1 Å². The van der Waals surface area contributed by atoms with Crippen molar-refractivity contribution in [3.05, 3.63) is 10.4 Å². The molecule has 7 heteroatoms. The lowest BCUT2D eigenvalue weighted by Crippen LogP contribution is -2.41. The van der Waals surface area contributed by atoms with E-state index in [-0.39, 0.29) is 23.2 Å². The Morgan fingerprint density at radius 3 is 2.73 bits per heavy atom. The van der Waals surface area contributed by atoms with E-state index in [0.29, 0.717) is 25.9 Å². The van der Waals surface area contributed by atoms with Gasteiger partial charge in [0.2, 0.25) is 0 Å². The zero-order chi connectivity index (χ0) is 16.8. The van der Waals surface area contributed by atoms with Crippen molar-refractivity contribution in [2.24, 2.45) is 5.11 Å². The van der Waals surface area contributed by atoms with Crippen LogP contribution >= 0.6 is 0 Å². The van der Waals surface area contributed by atoms with E-state index < -0.39 is 8.32 Å². The van der Waals surface area contributed by atoms with Crippen LogP contribution in [0.5, 0.6) is 0 Å². The van der Waals surface area contributed by atoms with Crippen LogP contribution in [0, 0.1) is 0 Å². The number of esters is 1. The summed E-state index contributed by atoms with van der Waals surface area (Å²) in [6.45, 7) is 11.6.